The predicted octanol–water partition coefficient (Wildman–Crippen LogP) is 5.46. The number of carbonyl (C=O) groups is 1. The summed E-state index contributed by atoms with van der Waals surface area (Å²) < 4.78 is 5.48. The summed E-state index contributed by atoms with van der Waals surface area (Å²) in [6.07, 6.45) is 2.32. The second-order valence-corrected chi connectivity index (χ2v) is 8.50. The first-order valence-electron chi connectivity index (χ1n) is 9.25. The van der Waals surface area contributed by atoms with Gasteiger partial charge in [-0.25, -0.2) is 9.79 Å². The zero-order chi connectivity index (χ0) is 19.8. The molecule has 0 aromatic heterocycles. The van der Waals surface area contributed by atoms with Crippen LogP contribution in [0.25, 0.3) is 0 Å². The summed E-state index contributed by atoms with van der Waals surface area (Å²) in [5.41, 5.74) is 4.86. The molecule has 0 unspecified atom stereocenters. The Hall–Kier alpha value is -2.62. The average Bonchev–Trinajstić information content (AvgIpc) is 2.63. The van der Waals surface area contributed by atoms with Gasteiger partial charge in [0.15, 0.2) is 0 Å². The lowest BCUT2D eigenvalue weighted by Crippen LogP contribution is -2.33. The van der Waals surface area contributed by atoms with Gasteiger partial charge in [0.2, 0.25) is 5.90 Å². The first-order chi connectivity index (χ1) is 12.6. The molecular weight excluding hydrogens is 338 g/mol. The zero-order valence-corrected chi connectivity index (χ0v) is 16.7. The molecule has 0 saturated carbocycles. The fraction of sp³-hybridized carbons (Fsp3) is 0.391. The van der Waals surface area contributed by atoms with Gasteiger partial charge in [-0.3, -0.25) is 0 Å². The maximum Gasteiger partial charge on any atom is 0.335 e. The Morgan fingerprint density at radius 1 is 0.926 bits per heavy atom. The Morgan fingerprint density at radius 2 is 1.48 bits per heavy atom. The number of fused-ring (bicyclic) bond motifs is 1. The number of aromatic carboxylic acids is 1. The van der Waals surface area contributed by atoms with Gasteiger partial charge >= 0.3 is 5.97 Å². The van der Waals surface area contributed by atoms with E-state index in [1.165, 1.54) is 17.5 Å². The van der Waals surface area contributed by atoms with Gasteiger partial charge in [-0.1, -0.05) is 33.8 Å². The van der Waals surface area contributed by atoms with Crippen LogP contribution in [0.2, 0.25) is 0 Å². The third-order valence-electron chi connectivity index (χ3n) is 5.64. The normalized spacial score (nSPS) is 17.9. The van der Waals surface area contributed by atoms with Crippen molar-refractivity contribution in [3.05, 3.63) is 64.7 Å². The zero-order valence-electron chi connectivity index (χ0n) is 16.7. The number of ether oxygens (including phenoxy) is 1. The first kappa shape index (κ1) is 19.2. The molecule has 142 valence electrons. The molecule has 0 aliphatic heterocycles. The number of carboxylic acid groups (broad SMARTS) is 1. The fourth-order valence-electron chi connectivity index (χ4n) is 3.75. The van der Waals surface area contributed by atoms with E-state index in [1.807, 2.05) is 6.07 Å². The number of aliphatic imine (C=N–C) groups is 1. The lowest BCUT2D eigenvalue weighted by molar-refractivity contribution is 0.0697. The molecule has 27 heavy (non-hydrogen) atoms. The van der Waals surface area contributed by atoms with E-state index in [-0.39, 0.29) is 16.4 Å². The molecule has 1 aliphatic carbocycles. The van der Waals surface area contributed by atoms with Gasteiger partial charge in [0.1, 0.15) is 0 Å². The third kappa shape index (κ3) is 3.75. The summed E-state index contributed by atoms with van der Waals surface area (Å²) >= 11 is 0. The molecule has 0 heterocycles. The van der Waals surface area contributed by atoms with E-state index < -0.39 is 5.97 Å². The Kier molecular flexibility index (Phi) is 4.85. The van der Waals surface area contributed by atoms with Crippen molar-refractivity contribution in [1.29, 1.82) is 0 Å². The van der Waals surface area contributed by atoms with Crippen molar-refractivity contribution in [3.63, 3.8) is 0 Å². The SMILES string of the molecule is CO/C(=N\c1ccc2c(c1)C(C)(C)CCC2(C)C)c1ccc(C(=O)O)cc1. The van der Waals surface area contributed by atoms with Crippen molar-refractivity contribution in [1.82, 2.24) is 0 Å². The minimum Gasteiger partial charge on any atom is -0.481 e. The maximum atomic E-state index is 11.0. The molecule has 2 aromatic carbocycles. The smallest absolute Gasteiger partial charge is 0.335 e. The van der Waals surface area contributed by atoms with Gasteiger partial charge in [0.25, 0.3) is 0 Å². The van der Waals surface area contributed by atoms with E-state index in [0.29, 0.717) is 5.90 Å². The fourth-order valence-corrected chi connectivity index (χ4v) is 3.75. The van der Waals surface area contributed by atoms with Gasteiger partial charge in [0, 0.05) is 5.56 Å². The number of methoxy groups -OCH3 is 1. The molecular formula is C23H27NO3. The van der Waals surface area contributed by atoms with Crippen LogP contribution in [0.15, 0.2) is 47.5 Å². The van der Waals surface area contributed by atoms with Gasteiger partial charge < -0.3 is 9.84 Å². The highest BCUT2D eigenvalue weighted by Crippen LogP contribution is 2.46. The number of nitrogens with zero attached hydrogens (tertiary/aromatic N) is 1. The molecule has 1 N–H and O–H groups in total. The Bertz CT molecular complexity index is 892. The summed E-state index contributed by atoms with van der Waals surface area (Å²) in [6.45, 7) is 9.18. The van der Waals surface area contributed by atoms with E-state index in [9.17, 15) is 4.79 Å². The lowest BCUT2D eigenvalue weighted by atomic mass is 9.63. The van der Waals surface area contributed by atoms with Crippen molar-refractivity contribution in [2.75, 3.05) is 7.11 Å². The number of hydrogen-bond donors (Lipinski definition) is 1. The van der Waals surface area contributed by atoms with Crippen molar-refractivity contribution in [3.8, 4) is 0 Å². The topological polar surface area (TPSA) is 58.9 Å². The van der Waals surface area contributed by atoms with Crippen LogP contribution in [-0.2, 0) is 15.6 Å². The molecule has 0 radical (unpaired) electrons. The summed E-state index contributed by atoms with van der Waals surface area (Å²) in [4.78, 5) is 15.7. The van der Waals surface area contributed by atoms with Gasteiger partial charge in [-0.05, 0) is 71.2 Å². The van der Waals surface area contributed by atoms with Gasteiger partial charge in [-0.2, -0.15) is 0 Å². The molecule has 0 bridgehead atoms. The molecule has 0 spiro atoms. The summed E-state index contributed by atoms with van der Waals surface area (Å²) in [5, 5.41) is 9.05. The van der Waals surface area contributed by atoms with Crippen LogP contribution in [0.5, 0.6) is 0 Å². The van der Waals surface area contributed by atoms with Crippen molar-refractivity contribution >= 4 is 17.6 Å². The summed E-state index contributed by atoms with van der Waals surface area (Å²) in [5.74, 6) is -0.475. The number of rotatable bonds is 3. The Balaban J connectivity index is 2.01. The van der Waals surface area contributed by atoms with Crippen molar-refractivity contribution in [2.24, 2.45) is 4.99 Å². The number of hydrogen-bond acceptors (Lipinski definition) is 3. The van der Waals surface area contributed by atoms with Crippen LogP contribution < -0.4 is 0 Å². The van der Waals surface area contributed by atoms with Gasteiger partial charge in [-0.15, -0.1) is 0 Å². The van der Waals surface area contributed by atoms with Crippen LogP contribution in [0.1, 0.15) is 67.6 Å². The van der Waals surface area contributed by atoms with Crippen molar-refractivity contribution in [2.45, 2.75) is 51.4 Å². The molecule has 0 atom stereocenters. The minimum absolute atomic E-state index is 0.118. The largest absolute Gasteiger partial charge is 0.481 e. The van der Waals surface area contributed by atoms with E-state index in [0.717, 1.165) is 17.7 Å². The minimum atomic E-state index is -0.947. The van der Waals surface area contributed by atoms with E-state index >= 15 is 0 Å². The molecule has 0 saturated heterocycles. The van der Waals surface area contributed by atoms with Crippen LogP contribution in [0.3, 0.4) is 0 Å². The van der Waals surface area contributed by atoms with E-state index in [4.69, 9.17) is 14.8 Å². The second kappa shape index (κ2) is 6.84. The quantitative estimate of drug-likeness (QED) is 0.580. The highest BCUT2D eigenvalue weighted by atomic mass is 16.5. The first-order valence-corrected chi connectivity index (χ1v) is 9.25. The number of carboxylic acids is 1. The molecule has 4 nitrogen and oxygen atoms in total. The monoisotopic (exact) mass is 365 g/mol. The highest BCUT2D eigenvalue weighted by molar-refractivity contribution is 5.97. The standard InChI is InChI=1S/C23H27NO3/c1-22(2)12-13-23(3,4)19-14-17(10-11-18(19)22)24-20(27-5)15-6-8-16(9-7-15)21(25)26/h6-11,14H,12-13H2,1-5H3,(H,25,26)/b24-20-. The number of benzene rings is 2. The summed E-state index contributed by atoms with van der Waals surface area (Å²) in [6, 6.07) is 13.0. The molecule has 1 aliphatic rings. The van der Waals surface area contributed by atoms with Crippen LogP contribution in [-0.4, -0.2) is 24.1 Å². The van der Waals surface area contributed by atoms with E-state index in [2.05, 4.69) is 39.8 Å². The maximum absolute atomic E-state index is 11.0. The molecule has 0 amide bonds. The molecule has 4 heteroatoms. The molecule has 2 aromatic rings. The van der Waals surface area contributed by atoms with Crippen LogP contribution >= 0.6 is 0 Å². The molecule has 3 rings (SSSR count). The summed E-state index contributed by atoms with van der Waals surface area (Å²) in [7, 11) is 1.58. The van der Waals surface area contributed by atoms with Crippen LogP contribution in [0.4, 0.5) is 5.69 Å². The average molecular weight is 365 g/mol. The van der Waals surface area contributed by atoms with Gasteiger partial charge in [0.05, 0.1) is 18.4 Å². The highest BCUT2D eigenvalue weighted by Gasteiger charge is 2.36. The second-order valence-electron chi connectivity index (χ2n) is 8.50. The molecule has 0 fully saturated rings. The third-order valence-corrected chi connectivity index (χ3v) is 5.64. The lowest BCUT2D eigenvalue weighted by Gasteiger charge is -2.41. The Labute approximate surface area is 160 Å². The van der Waals surface area contributed by atoms with Crippen molar-refractivity contribution < 1.29 is 14.6 Å². The predicted molar refractivity (Wildman–Crippen MR) is 108 cm³/mol. The Morgan fingerprint density at radius 3 is 2.04 bits per heavy atom. The van der Waals surface area contributed by atoms with Crippen LogP contribution in [0, 0.1) is 0 Å². The van der Waals surface area contributed by atoms with E-state index in [1.54, 1.807) is 31.4 Å².